The van der Waals surface area contributed by atoms with Gasteiger partial charge in [0.05, 0.1) is 10.4 Å². The predicted octanol–water partition coefficient (Wildman–Crippen LogP) is 0.899. The van der Waals surface area contributed by atoms with Crippen LogP contribution in [0, 0.1) is 5.41 Å². The number of piperidine rings is 1. The van der Waals surface area contributed by atoms with E-state index in [1.165, 1.54) is 0 Å². The average molecular weight is 257 g/mol. The third kappa shape index (κ3) is 3.39. The van der Waals surface area contributed by atoms with Crippen LogP contribution in [0.5, 0.6) is 0 Å². The van der Waals surface area contributed by atoms with E-state index in [9.17, 15) is 4.79 Å². The van der Waals surface area contributed by atoms with Gasteiger partial charge in [0.15, 0.2) is 0 Å². The van der Waals surface area contributed by atoms with Crippen molar-refractivity contribution in [2.45, 2.75) is 39.2 Å². The molecule has 0 aliphatic carbocycles. The van der Waals surface area contributed by atoms with Crippen LogP contribution in [-0.4, -0.2) is 42.0 Å². The molecule has 98 valence electrons. The van der Waals surface area contributed by atoms with Crippen LogP contribution in [0.15, 0.2) is 0 Å². The molecule has 0 aromatic rings. The number of hydrogen-bond acceptors (Lipinski definition) is 3. The largest absolute Gasteiger partial charge is 0.392 e. The highest BCUT2D eigenvalue weighted by molar-refractivity contribution is 7.80. The number of thiocarbonyl (C=S) groups is 1. The van der Waals surface area contributed by atoms with Gasteiger partial charge in [-0.1, -0.05) is 19.1 Å². The van der Waals surface area contributed by atoms with Gasteiger partial charge in [-0.2, -0.15) is 0 Å². The summed E-state index contributed by atoms with van der Waals surface area (Å²) >= 11 is 5.00. The summed E-state index contributed by atoms with van der Waals surface area (Å²) < 4.78 is 0. The van der Waals surface area contributed by atoms with Crippen molar-refractivity contribution < 1.29 is 4.79 Å². The number of carbonyl (C=O) groups excluding carboxylic acids is 1. The van der Waals surface area contributed by atoms with Gasteiger partial charge in [0, 0.05) is 6.04 Å². The Kier molecular flexibility index (Phi) is 4.89. The fourth-order valence-corrected chi connectivity index (χ4v) is 2.18. The Hall–Kier alpha value is -0.680. The van der Waals surface area contributed by atoms with Gasteiger partial charge in [0.2, 0.25) is 5.91 Å². The minimum atomic E-state index is -0.710. The lowest BCUT2D eigenvalue weighted by atomic mass is 9.86. The number of nitrogens with two attached hydrogens (primary N) is 1. The molecule has 0 aromatic heterocycles. The van der Waals surface area contributed by atoms with E-state index in [-0.39, 0.29) is 16.9 Å². The van der Waals surface area contributed by atoms with Gasteiger partial charge >= 0.3 is 0 Å². The number of rotatable bonds is 4. The molecule has 1 fully saturated rings. The first-order valence-corrected chi connectivity index (χ1v) is 6.60. The monoisotopic (exact) mass is 257 g/mol. The van der Waals surface area contributed by atoms with E-state index in [1.807, 2.05) is 13.8 Å². The fourth-order valence-electron chi connectivity index (χ4n) is 1.94. The summed E-state index contributed by atoms with van der Waals surface area (Å²) in [4.78, 5) is 14.8. The zero-order chi connectivity index (χ0) is 13.1. The number of nitrogens with one attached hydrogen (secondary N) is 1. The minimum absolute atomic E-state index is 0.0259. The van der Waals surface area contributed by atoms with Crippen molar-refractivity contribution in [1.29, 1.82) is 0 Å². The molecule has 4 nitrogen and oxygen atoms in total. The lowest BCUT2D eigenvalue weighted by Gasteiger charge is -2.33. The summed E-state index contributed by atoms with van der Waals surface area (Å²) in [6, 6.07) is 0.263. The van der Waals surface area contributed by atoms with Crippen LogP contribution in [0.3, 0.4) is 0 Å². The molecule has 1 amide bonds. The molecule has 1 unspecified atom stereocenters. The smallest absolute Gasteiger partial charge is 0.232 e. The molecule has 1 atom stereocenters. The highest BCUT2D eigenvalue weighted by atomic mass is 32.1. The highest BCUT2D eigenvalue weighted by Gasteiger charge is 2.35. The van der Waals surface area contributed by atoms with E-state index in [0.29, 0.717) is 6.42 Å². The summed E-state index contributed by atoms with van der Waals surface area (Å²) in [7, 11) is 2.10. The number of carbonyl (C=O) groups is 1. The third-order valence-electron chi connectivity index (χ3n) is 3.81. The quantitative estimate of drug-likeness (QED) is 0.735. The van der Waals surface area contributed by atoms with E-state index in [1.54, 1.807) is 0 Å². The summed E-state index contributed by atoms with van der Waals surface area (Å²) in [5, 5.41) is 3.08. The molecule has 1 heterocycles. The van der Waals surface area contributed by atoms with Gasteiger partial charge in [0.25, 0.3) is 0 Å². The fraction of sp³-hybridized carbons (Fsp3) is 0.833. The molecular formula is C12H23N3OS. The maximum atomic E-state index is 12.2. The second-order valence-corrected chi connectivity index (χ2v) is 5.54. The van der Waals surface area contributed by atoms with Gasteiger partial charge in [-0.3, -0.25) is 4.79 Å². The maximum absolute atomic E-state index is 12.2. The van der Waals surface area contributed by atoms with E-state index < -0.39 is 5.41 Å². The average Bonchev–Trinajstić information content (AvgIpc) is 2.30. The summed E-state index contributed by atoms with van der Waals surface area (Å²) in [5.74, 6) is -0.0259. The van der Waals surface area contributed by atoms with Crippen LogP contribution >= 0.6 is 12.2 Å². The van der Waals surface area contributed by atoms with Gasteiger partial charge in [0.1, 0.15) is 0 Å². The molecule has 0 radical (unpaired) electrons. The van der Waals surface area contributed by atoms with Gasteiger partial charge in [-0.15, -0.1) is 0 Å². The Morgan fingerprint density at radius 3 is 2.47 bits per heavy atom. The zero-order valence-electron chi connectivity index (χ0n) is 11.0. The molecular weight excluding hydrogens is 234 g/mol. The van der Waals surface area contributed by atoms with Crippen LogP contribution in [-0.2, 0) is 4.79 Å². The van der Waals surface area contributed by atoms with Gasteiger partial charge in [-0.05, 0) is 46.3 Å². The van der Waals surface area contributed by atoms with E-state index in [4.69, 9.17) is 18.0 Å². The van der Waals surface area contributed by atoms with Crippen molar-refractivity contribution in [1.82, 2.24) is 10.2 Å². The number of amides is 1. The van der Waals surface area contributed by atoms with E-state index in [0.717, 1.165) is 25.9 Å². The SMILES string of the molecule is CCC(C)(C(=O)NC1CCN(C)CC1)C(N)=S. The van der Waals surface area contributed by atoms with E-state index in [2.05, 4.69) is 17.3 Å². The highest BCUT2D eigenvalue weighted by Crippen LogP contribution is 2.22. The Bertz CT molecular complexity index is 300. The van der Waals surface area contributed by atoms with Crippen LogP contribution in [0.1, 0.15) is 33.1 Å². The topological polar surface area (TPSA) is 58.4 Å². The number of likely N-dealkylation sites (tertiary alicyclic amines) is 1. The van der Waals surface area contributed by atoms with E-state index >= 15 is 0 Å². The molecule has 3 N–H and O–H groups in total. The summed E-state index contributed by atoms with van der Waals surface area (Å²) in [6.07, 6.45) is 2.64. The van der Waals surface area contributed by atoms with Crippen LogP contribution in [0.4, 0.5) is 0 Å². The third-order valence-corrected chi connectivity index (χ3v) is 4.26. The summed E-state index contributed by atoms with van der Waals surface area (Å²) in [5.41, 5.74) is 4.96. The molecule has 17 heavy (non-hydrogen) atoms. The Labute approximate surface area is 109 Å². The van der Waals surface area contributed by atoms with Crippen molar-refractivity contribution in [2.24, 2.45) is 11.1 Å². The predicted molar refractivity (Wildman–Crippen MR) is 73.8 cm³/mol. The van der Waals surface area contributed by atoms with Crippen LogP contribution in [0.25, 0.3) is 0 Å². The molecule has 0 bridgehead atoms. The van der Waals surface area contributed by atoms with Crippen LogP contribution < -0.4 is 11.1 Å². The van der Waals surface area contributed by atoms with Crippen molar-refractivity contribution in [3.63, 3.8) is 0 Å². The first kappa shape index (κ1) is 14.4. The maximum Gasteiger partial charge on any atom is 0.232 e. The number of nitrogens with zero attached hydrogens (tertiary/aromatic N) is 1. The molecule has 1 aliphatic rings. The van der Waals surface area contributed by atoms with Gasteiger partial charge < -0.3 is 16.0 Å². The lowest BCUT2D eigenvalue weighted by molar-refractivity contribution is -0.128. The summed E-state index contributed by atoms with van der Waals surface area (Å²) in [6.45, 7) is 5.81. The normalized spacial score (nSPS) is 21.8. The van der Waals surface area contributed by atoms with Crippen molar-refractivity contribution >= 4 is 23.1 Å². The van der Waals surface area contributed by atoms with Crippen molar-refractivity contribution in [2.75, 3.05) is 20.1 Å². The molecule has 0 saturated carbocycles. The Morgan fingerprint density at radius 2 is 2.06 bits per heavy atom. The molecule has 1 saturated heterocycles. The Morgan fingerprint density at radius 1 is 1.53 bits per heavy atom. The van der Waals surface area contributed by atoms with Crippen LogP contribution in [0.2, 0.25) is 0 Å². The van der Waals surface area contributed by atoms with Gasteiger partial charge in [-0.25, -0.2) is 0 Å². The van der Waals surface area contributed by atoms with Crippen molar-refractivity contribution in [3.8, 4) is 0 Å². The first-order valence-electron chi connectivity index (χ1n) is 6.19. The zero-order valence-corrected chi connectivity index (χ0v) is 11.8. The second kappa shape index (κ2) is 5.78. The van der Waals surface area contributed by atoms with Crippen molar-refractivity contribution in [3.05, 3.63) is 0 Å². The molecule has 1 aliphatic heterocycles. The molecule has 0 spiro atoms. The first-order chi connectivity index (χ1) is 7.90. The second-order valence-electron chi connectivity index (χ2n) is 5.10. The molecule has 0 aromatic carbocycles. The Balaban J connectivity index is 2.56. The standard InChI is InChI=1S/C12H23N3OS/c1-4-12(2,10(13)17)11(16)14-9-5-7-15(3)8-6-9/h9H,4-8H2,1-3H3,(H2,13,17)(H,14,16). The molecule has 5 heteroatoms. The molecule has 1 rings (SSSR count). The number of hydrogen-bond donors (Lipinski definition) is 2. The lowest BCUT2D eigenvalue weighted by Crippen LogP contribution is -2.52. The minimum Gasteiger partial charge on any atom is -0.392 e.